The summed E-state index contributed by atoms with van der Waals surface area (Å²) < 4.78 is 9.89. The molecule has 1 heterocycles. The van der Waals surface area contributed by atoms with Crippen LogP contribution in [0.25, 0.3) is 0 Å². The summed E-state index contributed by atoms with van der Waals surface area (Å²) >= 11 is 1.28. The highest BCUT2D eigenvalue weighted by atomic mass is 32.1. The number of amides is 1. The summed E-state index contributed by atoms with van der Waals surface area (Å²) in [6.45, 7) is 4.12. The Bertz CT molecular complexity index is 951. The second-order valence-corrected chi connectivity index (χ2v) is 7.84. The zero-order chi connectivity index (χ0) is 22.1. The van der Waals surface area contributed by atoms with Crippen LogP contribution in [-0.2, 0) is 30.3 Å². The van der Waals surface area contributed by atoms with Crippen molar-refractivity contribution in [3.05, 3.63) is 40.4 Å². The Morgan fingerprint density at radius 1 is 1.23 bits per heavy atom. The molecule has 0 fully saturated rings. The number of aromatic nitrogens is 2. The van der Waals surface area contributed by atoms with E-state index in [1.165, 1.54) is 24.5 Å². The van der Waals surface area contributed by atoms with Gasteiger partial charge in [-0.25, -0.2) is 4.79 Å². The molecule has 10 heteroatoms. The van der Waals surface area contributed by atoms with Gasteiger partial charge in [-0.2, -0.15) is 5.26 Å². The molecule has 0 aliphatic rings. The van der Waals surface area contributed by atoms with E-state index in [0.717, 1.165) is 11.4 Å². The molecule has 0 bridgehead atoms. The maximum atomic E-state index is 12.2. The third-order valence-corrected chi connectivity index (χ3v) is 4.70. The van der Waals surface area contributed by atoms with Crippen molar-refractivity contribution in [2.75, 3.05) is 12.4 Å². The van der Waals surface area contributed by atoms with Crippen LogP contribution in [0.5, 0.6) is 0 Å². The van der Waals surface area contributed by atoms with E-state index < -0.39 is 23.9 Å². The lowest BCUT2D eigenvalue weighted by molar-refractivity contribution is -0.166. The van der Waals surface area contributed by atoms with Gasteiger partial charge < -0.3 is 14.8 Å². The largest absolute Gasteiger partial charge is 0.466 e. The number of ether oxygens (including phenoxy) is 2. The van der Waals surface area contributed by atoms with Crippen LogP contribution < -0.4 is 5.32 Å². The van der Waals surface area contributed by atoms with E-state index in [-0.39, 0.29) is 12.8 Å². The van der Waals surface area contributed by atoms with Gasteiger partial charge in [0.2, 0.25) is 17.1 Å². The normalized spacial score (nSPS) is 11.4. The summed E-state index contributed by atoms with van der Waals surface area (Å²) in [5, 5.41) is 20.7. The number of carbonyl (C=O) groups is 3. The van der Waals surface area contributed by atoms with E-state index >= 15 is 0 Å². The molecule has 0 aliphatic heterocycles. The number of benzene rings is 1. The van der Waals surface area contributed by atoms with Gasteiger partial charge in [-0.1, -0.05) is 37.3 Å². The van der Waals surface area contributed by atoms with Gasteiger partial charge in [-0.15, -0.1) is 10.2 Å². The SMILES string of the molecule is COC(=O)C(OC(=O)CCC(=O)Nc1nnc(CC(C)C)s1)c1cccc(C#N)c1. The Morgan fingerprint density at radius 3 is 2.67 bits per heavy atom. The van der Waals surface area contributed by atoms with Crippen LogP contribution in [0.1, 0.15) is 48.9 Å². The number of nitriles is 1. The van der Waals surface area contributed by atoms with E-state index in [2.05, 4.69) is 34.1 Å². The van der Waals surface area contributed by atoms with E-state index in [1.54, 1.807) is 18.2 Å². The van der Waals surface area contributed by atoms with Crippen LogP contribution in [0.4, 0.5) is 5.13 Å². The van der Waals surface area contributed by atoms with Crippen molar-refractivity contribution in [3.8, 4) is 6.07 Å². The lowest BCUT2D eigenvalue weighted by Gasteiger charge is -2.16. The average molecular weight is 430 g/mol. The number of hydrogen-bond donors (Lipinski definition) is 1. The van der Waals surface area contributed by atoms with Gasteiger partial charge in [0.25, 0.3) is 0 Å². The fourth-order valence-corrected chi connectivity index (χ4v) is 3.42. The van der Waals surface area contributed by atoms with Gasteiger partial charge in [0, 0.05) is 18.4 Å². The van der Waals surface area contributed by atoms with Crippen LogP contribution in [0.3, 0.4) is 0 Å². The monoisotopic (exact) mass is 430 g/mol. The summed E-state index contributed by atoms with van der Waals surface area (Å²) in [5.41, 5.74) is 0.621. The predicted molar refractivity (Wildman–Crippen MR) is 108 cm³/mol. The quantitative estimate of drug-likeness (QED) is 0.601. The summed E-state index contributed by atoms with van der Waals surface area (Å²) in [4.78, 5) is 36.3. The van der Waals surface area contributed by atoms with Crippen LogP contribution in [0, 0.1) is 17.2 Å². The summed E-state index contributed by atoms with van der Waals surface area (Å²) in [7, 11) is 1.17. The molecule has 0 spiro atoms. The number of anilines is 1. The fraction of sp³-hybridized carbons (Fsp3) is 0.400. The summed E-state index contributed by atoms with van der Waals surface area (Å²) in [6, 6.07) is 8.07. The summed E-state index contributed by atoms with van der Waals surface area (Å²) in [6.07, 6.45) is -0.943. The van der Waals surface area contributed by atoms with Gasteiger partial charge >= 0.3 is 11.9 Å². The molecular formula is C20H22N4O5S. The first-order valence-electron chi connectivity index (χ1n) is 9.22. The van der Waals surface area contributed by atoms with Crippen molar-refractivity contribution in [3.63, 3.8) is 0 Å². The minimum absolute atomic E-state index is 0.149. The topological polar surface area (TPSA) is 131 Å². The molecule has 2 aromatic rings. The molecule has 1 atom stereocenters. The highest BCUT2D eigenvalue weighted by Gasteiger charge is 2.26. The second kappa shape index (κ2) is 11.0. The maximum absolute atomic E-state index is 12.2. The van der Waals surface area contributed by atoms with Crippen LogP contribution >= 0.6 is 11.3 Å². The lowest BCUT2D eigenvalue weighted by Crippen LogP contribution is -2.22. The third kappa shape index (κ3) is 6.93. The average Bonchev–Trinajstić information content (AvgIpc) is 3.15. The highest BCUT2D eigenvalue weighted by molar-refractivity contribution is 7.15. The predicted octanol–water partition coefficient (Wildman–Crippen LogP) is 2.78. The zero-order valence-corrected chi connectivity index (χ0v) is 17.7. The Morgan fingerprint density at radius 2 is 2.00 bits per heavy atom. The third-order valence-electron chi connectivity index (χ3n) is 3.84. The van der Waals surface area contributed by atoms with E-state index in [9.17, 15) is 14.4 Å². The number of nitrogens with zero attached hydrogens (tertiary/aromatic N) is 3. The number of esters is 2. The van der Waals surface area contributed by atoms with Crippen molar-refractivity contribution >= 4 is 34.3 Å². The van der Waals surface area contributed by atoms with Gasteiger partial charge in [-0.05, 0) is 18.1 Å². The Balaban J connectivity index is 1.92. The van der Waals surface area contributed by atoms with Crippen molar-refractivity contribution in [1.29, 1.82) is 5.26 Å². The van der Waals surface area contributed by atoms with Crippen molar-refractivity contribution in [1.82, 2.24) is 10.2 Å². The van der Waals surface area contributed by atoms with Gasteiger partial charge in [0.1, 0.15) is 5.01 Å². The molecule has 1 unspecified atom stereocenters. The molecule has 9 nitrogen and oxygen atoms in total. The minimum Gasteiger partial charge on any atom is -0.466 e. The van der Waals surface area contributed by atoms with Crippen molar-refractivity contribution in [2.24, 2.45) is 5.92 Å². The van der Waals surface area contributed by atoms with Crippen LogP contribution in [0.2, 0.25) is 0 Å². The molecular weight excluding hydrogens is 408 g/mol. The molecule has 1 amide bonds. The van der Waals surface area contributed by atoms with Gasteiger partial charge in [0.05, 0.1) is 25.2 Å². The van der Waals surface area contributed by atoms with Gasteiger partial charge in [0.15, 0.2) is 0 Å². The van der Waals surface area contributed by atoms with Crippen molar-refractivity contribution in [2.45, 2.75) is 39.2 Å². The Kier molecular flexibility index (Phi) is 8.43. The molecule has 1 aromatic carbocycles. The lowest BCUT2D eigenvalue weighted by atomic mass is 10.1. The Labute approximate surface area is 178 Å². The summed E-state index contributed by atoms with van der Waals surface area (Å²) in [5.74, 6) is -1.52. The molecule has 0 saturated heterocycles. The zero-order valence-electron chi connectivity index (χ0n) is 16.9. The van der Waals surface area contributed by atoms with Crippen molar-refractivity contribution < 1.29 is 23.9 Å². The molecule has 0 saturated carbocycles. The smallest absolute Gasteiger partial charge is 0.351 e. The number of hydrogen-bond acceptors (Lipinski definition) is 9. The number of methoxy groups -OCH3 is 1. The molecule has 30 heavy (non-hydrogen) atoms. The first kappa shape index (κ1) is 23.0. The Hall–Kier alpha value is -3.32. The number of carbonyl (C=O) groups excluding carboxylic acids is 3. The number of rotatable bonds is 9. The molecule has 2 rings (SSSR count). The molecule has 0 radical (unpaired) electrons. The van der Waals surface area contributed by atoms with Crippen LogP contribution in [-0.4, -0.2) is 35.2 Å². The first-order chi connectivity index (χ1) is 14.3. The van der Waals surface area contributed by atoms with E-state index in [4.69, 9.17) is 10.00 Å². The molecule has 158 valence electrons. The minimum atomic E-state index is -1.32. The van der Waals surface area contributed by atoms with E-state index in [1.807, 2.05) is 6.07 Å². The molecule has 1 aromatic heterocycles. The molecule has 0 aliphatic carbocycles. The van der Waals surface area contributed by atoms with E-state index in [0.29, 0.717) is 22.2 Å². The fourth-order valence-electron chi connectivity index (χ4n) is 2.45. The highest BCUT2D eigenvalue weighted by Crippen LogP contribution is 2.22. The molecule has 1 N–H and O–H groups in total. The maximum Gasteiger partial charge on any atom is 0.351 e. The first-order valence-corrected chi connectivity index (χ1v) is 10.0. The number of nitrogens with one attached hydrogen (secondary N) is 1. The standard InChI is InChI=1S/C20H22N4O5S/c1-12(2)9-16-23-24-20(30-16)22-15(25)7-8-17(26)29-18(19(27)28-3)14-6-4-5-13(10-14)11-21/h4-6,10,12,18H,7-9H2,1-3H3,(H,22,24,25). The van der Waals surface area contributed by atoms with Crippen LogP contribution in [0.15, 0.2) is 24.3 Å². The van der Waals surface area contributed by atoms with Gasteiger partial charge in [-0.3, -0.25) is 9.59 Å². The second-order valence-electron chi connectivity index (χ2n) is 6.78.